The zero-order chi connectivity index (χ0) is 21.9. The molecule has 2 aliphatic heterocycles. The molecule has 0 bridgehead atoms. The van der Waals surface area contributed by atoms with Crippen molar-refractivity contribution in [3.63, 3.8) is 0 Å². The minimum atomic E-state index is -3.46. The summed E-state index contributed by atoms with van der Waals surface area (Å²) in [5, 5.41) is 0. The Labute approximate surface area is 183 Å². The van der Waals surface area contributed by atoms with Gasteiger partial charge in [0, 0.05) is 39.3 Å². The van der Waals surface area contributed by atoms with Gasteiger partial charge in [0.05, 0.1) is 18.1 Å². The third-order valence-corrected chi connectivity index (χ3v) is 8.51. The Balaban J connectivity index is 1.58. The normalized spacial score (nSPS) is 20.6. The van der Waals surface area contributed by atoms with Crippen molar-refractivity contribution in [1.82, 2.24) is 14.1 Å². The summed E-state index contributed by atoms with van der Waals surface area (Å²) in [6.45, 7) is 18.9. The first kappa shape index (κ1) is 23.7. The highest BCUT2D eigenvalue weighted by Gasteiger charge is 2.31. The summed E-state index contributed by atoms with van der Waals surface area (Å²) in [6, 6.07) is 4.09. The third-order valence-electron chi connectivity index (χ3n) is 6.31. The molecule has 2 aliphatic rings. The van der Waals surface area contributed by atoms with E-state index in [9.17, 15) is 8.42 Å². The summed E-state index contributed by atoms with van der Waals surface area (Å²) in [7, 11) is -3.46. The van der Waals surface area contributed by atoms with Crippen LogP contribution in [0.5, 0.6) is 0 Å². The number of rotatable bonds is 6. The lowest BCUT2D eigenvalue weighted by molar-refractivity contribution is 0.0356. The largest absolute Gasteiger partial charge is 0.379 e. The zero-order valence-corrected chi connectivity index (χ0v) is 20.2. The number of morpholine rings is 1. The Bertz CT molecular complexity index is 796. The lowest BCUT2D eigenvalue weighted by Gasteiger charge is -2.35. The molecular formula is C23H39N3O3S. The molecule has 0 unspecified atom stereocenters. The summed E-state index contributed by atoms with van der Waals surface area (Å²) in [5.74, 6) is 0. The van der Waals surface area contributed by atoms with E-state index < -0.39 is 10.0 Å². The van der Waals surface area contributed by atoms with Gasteiger partial charge >= 0.3 is 0 Å². The van der Waals surface area contributed by atoms with Crippen molar-refractivity contribution in [3.8, 4) is 0 Å². The molecule has 0 spiro atoms. The zero-order valence-electron chi connectivity index (χ0n) is 19.4. The SMILES string of the molecule is Cc1cc(C(C)(C)C)cc(C)c1S(=O)(=O)N1CCN(CCCN2CCOCC2)CC1. The quantitative estimate of drug-likeness (QED) is 0.685. The van der Waals surface area contributed by atoms with E-state index in [-0.39, 0.29) is 5.41 Å². The van der Waals surface area contributed by atoms with Crippen molar-refractivity contribution in [2.45, 2.75) is 51.3 Å². The second kappa shape index (κ2) is 9.65. The predicted molar refractivity (Wildman–Crippen MR) is 122 cm³/mol. The van der Waals surface area contributed by atoms with E-state index in [1.54, 1.807) is 4.31 Å². The van der Waals surface area contributed by atoms with Gasteiger partial charge in [-0.25, -0.2) is 8.42 Å². The lowest BCUT2D eigenvalue weighted by Crippen LogP contribution is -2.49. The predicted octanol–water partition coefficient (Wildman–Crippen LogP) is 2.63. The first-order valence-electron chi connectivity index (χ1n) is 11.2. The van der Waals surface area contributed by atoms with E-state index in [0.717, 1.165) is 70.0 Å². The number of aryl methyl sites for hydroxylation is 2. The molecule has 6 nitrogen and oxygen atoms in total. The molecule has 0 aromatic heterocycles. The van der Waals surface area contributed by atoms with Crippen LogP contribution in [0.3, 0.4) is 0 Å². The Hall–Kier alpha value is -0.990. The number of nitrogens with zero attached hydrogens (tertiary/aromatic N) is 3. The van der Waals surface area contributed by atoms with Crippen molar-refractivity contribution < 1.29 is 13.2 Å². The Kier molecular flexibility index (Phi) is 7.62. The highest BCUT2D eigenvalue weighted by atomic mass is 32.2. The average molecular weight is 438 g/mol. The van der Waals surface area contributed by atoms with Gasteiger partial charge in [0.2, 0.25) is 10.0 Å². The second-order valence-electron chi connectivity index (χ2n) is 9.74. The third kappa shape index (κ3) is 5.62. The van der Waals surface area contributed by atoms with Crippen LogP contribution in [0.15, 0.2) is 17.0 Å². The maximum absolute atomic E-state index is 13.4. The van der Waals surface area contributed by atoms with Gasteiger partial charge in [0.1, 0.15) is 0 Å². The average Bonchev–Trinajstić information content (AvgIpc) is 2.68. The van der Waals surface area contributed by atoms with Gasteiger partial charge < -0.3 is 9.64 Å². The van der Waals surface area contributed by atoms with Crippen molar-refractivity contribution in [3.05, 3.63) is 28.8 Å². The van der Waals surface area contributed by atoms with Gasteiger partial charge in [-0.2, -0.15) is 4.31 Å². The summed E-state index contributed by atoms with van der Waals surface area (Å²) in [4.78, 5) is 5.35. The van der Waals surface area contributed by atoms with Crippen molar-refractivity contribution in [2.24, 2.45) is 0 Å². The standard InChI is InChI=1S/C23H39N3O3S/c1-19-17-21(23(3,4)5)18-20(2)22(19)30(27,28)26-11-9-24(10-12-26)7-6-8-25-13-15-29-16-14-25/h17-18H,6-16H2,1-5H3. The van der Waals surface area contributed by atoms with Crippen LogP contribution < -0.4 is 0 Å². The number of piperazine rings is 1. The first-order chi connectivity index (χ1) is 14.1. The molecular weight excluding hydrogens is 398 g/mol. The maximum Gasteiger partial charge on any atom is 0.243 e. The maximum atomic E-state index is 13.4. The fraction of sp³-hybridized carbons (Fsp3) is 0.739. The van der Waals surface area contributed by atoms with Crippen LogP contribution in [0, 0.1) is 13.8 Å². The number of hydrogen-bond acceptors (Lipinski definition) is 5. The molecule has 2 saturated heterocycles. The summed E-state index contributed by atoms with van der Waals surface area (Å²) in [5.41, 5.74) is 2.90. The highest BCUT2D eigenvalue weighted by Crippen LogP contribution is 2.31. The van der Waals surface area contributed by atoms with Gasteiger partial charge in [-0.15, -0.1) is 0 Å². The van der Waals surface area contributed by atoms with Crippen LogP contribution >= 0.6 is 0 Å². The van der Waals surface area contributed by atoms with E-state index in [2.05, 4.69) is 30.6 Å². The van der Waals surface area contributed by atoms with E-state index >= 15 is 0 Å². The summed E-state index contributed by atoms with van der Waals surface area (Å²) in [6.07, 6.45) is 1.12. The molecule has 30 heavy (non-hydrogen) atoms. The topological polar surface area (TPSA) is 53.1 Å². The number of hydrogen-bond donors (Lipinski definition) is 0. The van der Waals surface area contributed by atoms with Crippen molar-refractivity contribution in [1.29, 1.82) is 0 Å². The smallest absolute Gasteiger partial charge is 0.243 e. The van der Waals surface area contributed by atoms with Gasteiger partial charge in [-0.3, -0.25) is 4.90 Å². The molecule has 7 heteroatoms. The summed E-state index contributed by atoms with van der Waals surface area (Å²) >= 11 is 0. The molecule has 170 valence electrons. The molecule has 0 saturated carbocycles. The molecule has 0 amide bonds. The van der Waals surface area contributed by atoms with Gasteiger partial charge in [-0.05, 0) is 55.5 Å². The molecule has 1 aromatic carbocycles. The number of sulfonamides is 1. The van der Waals surface area contributed by atoms with Crippen molar-refractivity contribution in [2.75, 3.05) is 65.6 Å². The molecule has 0 N–H and O–H groups in total. The van der Waals surface area contributed by atoms with Gasteiger partial charge in [-0.1, -0.05) is 32.9 Å². The molecule has 1 aromatic rings. The molecule has 0 aliphatic carbocycles. The lowest BCUT2D eigenvalue weighted by atomic mass is 9.85. The van der Waals surface area contributed by atoms with E-state index in [4.69, 9.17) is 4.74 Å². The van der Waals surface area contributed by atoms with Crippen molar-refractivity contribution >= 4 is 10.0 Å². The highest BCUT2D eigenvalue weighted by molar-refractivity contribution is 7.89. The van der Waals surface area contributed by atoms with E-state index in [1.165, 1.54) is 5.56 Å². The van der Waals surface area contributed by atoms with Crippen LogP contribution in [-0.4, -0.2) is 88.1 Å². The second-order valence-corrected chi connectivity index (χ2v) is 11.6. The molecule has 2 fully saturated rings. The number of ether oxygens (including phenoxy) is 1. The van der Waals surface area contributed by atoms with Crippen LogP contribution in [0.25, 0.3) is 0 Å². The van der Waals surface area contributed by atoms with Gasteiger partial charge in [0.15, 0.2) is 0 Å². The minimum Gasteiger partial charge on any atom is -0.379 e. The van der Waals surface area contributed by atoms with Crippen LogP contribution in [0.1, 0.15) is 43.9 Å². The Morgan fingerprint density at radius 3 is 1.87 bits per heavy atom. The van der Waals surface area contributed by atoms with Gasteiger partial charge in [0.25, 0.3) is 0 Å². The van der Waals surface area contributed by atoms with Crippen LogP contribution in [0.4, 0.5) is 0 Å². The van der Waals surface area contributed by atoms with Crippen LogP contribution in [-0.2, 0) is 20.2 Å². The molecule has 0 atom stereocenters. The first-order valence-corrected chi connectivity index (χ1v) is 12.7. The van der Waals surface area contributed by atoms with Crippen LogP contribution in [0.2, 0.25) is 0 Å². The Morgan fingerprint density at radius 2 is 1.37 bits per heavy atom. The molecule has 2 heterocycles. The fourth-order valence-electron chi connectivity index (χ4n) is 4.46. The molecule has 3 rings (SSSR count). The summed E-state index contributed by atoms with van der Waals surface area (Å²) < 4.78 is 33.9. The molecule has 0 radical (unpaired) electrons. The van der Waals surface area contributed by atoms with E-state index in [1.807, 2.05) is 26.0 Å². The monoisotopic (exact) mass is 437 g/mol. The Morgan fingerprint density at radius 1 is 0.867 bits per heavy atom. The fourth-order valence-corrected chi connectivity index (χ4v) is 6.29. The minimum absolute atomic E-state index is 0.00462. The van der Waals surface area contributed by atoms with E-state index in [0.29, 0.717) is 18.0 Å². The number of benzene rings is 1.